The molecule has 0 aliphatic heterocycles. The summed E-state index contributed by atoms with van der Waals surface area (Å²) in [6, 6.07) is 12.2. The number of anilines is 1. The van der Waals surface area contributed by atoms with Crippen LogP contribution in [0.5, 0.6) is 0 Å². The van der Waals surface area contributed by atoms with Crippen LogP contribution in [0, 0.1) is 20.8 Å². The predicted molar refractivity (Wildman–Crippen MR) is 85.5 cm³/mol. The number of benzene rings is 1. The first kappa shape index (κ1) is 14.3. The van der Waals surface area contributed by atoms with Crippen molar-refractivity contribution in [2.24, 2.45) is 0 Å². The zero-order valence-electron chi connectivity index (χ0n) is 12.9. The maximum Gasteiger partial charge on any atom is 0.167 e. The SMILES string of the molecule is Cc1cc(NCc2ccccc2)nc(-c2c(C)noc2C)n1. The number of hydrogen-bond donors (Lipinski definition) is 1. The van der Waals surface area contributed by atoms with Crippen molar-refractivity contribution in [1.82, 2.24) is 15.1 Å². The number of aryl methyl sites for hydroxylation is 3. The molecule has 2 aromatic heterocycles. The Hall–Kier alpha value is -2.69. The average Bonchev–Trinajstić information content (AvgIpc) is 2.85. The fourth-order valence-corrected chi connectivity index (χ4v) is 2.36. The second kappa shape index (κ2) is 5.97. The van der Waals surface area contributed by atoms with Crippen LogP contribution in [0.3, 0.4) is 0 Å². The minimum atomic E-state index is 0.645. The van der Waals surface area contributed by atoms with Gasteiger partial charge in [-0.25, -0.2) is 9.97 Å². The molecule has 0 saturated carbocycles. The van der Waals surface area contributed by atoms with E-state index in [9.17, 15) is 0 Å². The number of rotatable bonds is 4. The second-order valence-corrected chi connectivity index (χ2v) is 5.26. The fourth-order valence-electron chi connectivity index (χ4n) is 2.36. The first-order valence-electron chi connectivity index (χ1n) is 7.20. The van der Waals surface area contributed by atoms with Crippen molar-refractivity contribution in [2.75, 3.05) is 5.32 Å². The zero-order chi connectivity index (χ0) is 15.5. The zero-order valence-corrected chi connectivity index (χ0v) is 12.9. The lowest BCUT2D eigenvalue weighted by molar-refractivity contribution is 0.393. The summed E-state index contributed by atoms with van der Waals surface area (Å²) in [7, 11) is 0. The maximum absolute atomic E-state index is 5.21. The van der Waals surface area contributed by atoms with Crippen molar-refractivity contribution in [3.63, 3.8) is 0 Å². The smallest absolute Gasteiger partial charge is 0.167 e. The standard InChI is InChI=1S/C17H18N4O/c1-11-9-15(18-10-14-7-5-4-6-8-14)20-17(19-11)16-12(2)21-22-13(16)3/h4-9H,10H2,1-3H3,(H,18,19,20). The summed E-state index contributed by atoms with van der Waals surface area (Å²) in [5.41, 5.74) is 3.78. The van der Waals surface area contributed by atoms with Gasteiger partial charge in [-0.15, -0.1) is 0 Å². The van der Waals surface area contributed by atoms with Crippen LogP contribution >= 0.6 is 0 Å². The van der Waals surface area contributed by atoms with Gasteiger partial charge >= 0.3 is 0 Å². The summed E-state index contributed by atoms with van der Waals surface area (Å²) < 4.78 is 5.21. The third-order valence-electron chi connectivity index (χ3n) is 3.43. The summed E-state index contributed by atoms with van der Waals surface area (Å²) in [6.45, 7) is 6.45. The molecule has 0 aliphatic carbocycles. The van der Waals surface area contributed by atoms with E-state index < -0.39 is 0 Å². The lowest BCUT2D eigenvalue weighted by Crippen LogP contribution is -2.04. The van der Waals surface area contributed by atoms with Crippen LogP contribution in [-0.4, -0.2) is 15.1 Å². The molecule has 5 heteroatoms. The normalized spacial score (nSPS) is 10.7. The Morgan fingerprint density at radius 3 is 2.50 bits per heavy atom. The van der Waals surface area contributed by atoms with Crippen LogP contribution in [0.15, 0.2) is 40.9 Å². The third-order valence-corrected chi connectivity index (χ3v) is 3.43. The van der Waals surface area contributed by atoms with Gasteiger partial charge in [0, 0.05) is 18.3 Å². The Kier molecular flexibility index (Phi) is 3.87. The lowest BCUT2D eigenvalue weighted by Gasteiger charge is -2.08. The van der Waals surface area contributed by atoms with Crippen molar-refractivity contribution in [2.45, 2.75) is 27.3 Å². The van der Waals surface area contributed by atoms with Crippen LogP contribution < -0.4 is 5.32 Å². The van der Waals surface area contributed by atoms with E-state index >= 15 is 0 Å². The summed E-state index contributed by atoms with van der Waals surface area (Å²) in [4.78, 5) is 9.09. The molecule has 1 N–H and O–H groups in total. The molecule has 112 valence electrons. The minimum absolute atomic E-state index is 0.645. The number of nitrogens with zero attached hydrogens (tertiary/aromatic N) is 3. The van der Waals surface area contributed by atoms with E-state index in [1.54, 1.807) is 0 Å². The van der Waals surface area contributed by atoms with Crippen LogP contribution in [0.1, 0.15) is 22.7 Å². The quantitative estimate of drug-likeness (QED) is 0.795. The highest BCUT2D eigenvalue weighted by molar-refractivity contribution is 5.62. The van der Waals surface area contributed by atoms with Gasteiger partial charge in [0.05, 0.1) is 11.3 Å². The van der Waals surface area contributed by atoms with Crippen molar-refractivity contribution >= 4 is 5.82 Å². The van der Waals surface area contributed by atoms with Gasteiger partial charge in [0.25, 0.3) is 0 Å². The van der Waals surface area contributed by atoms with Gasteiger partial charge in [-0.3, -0.25) is 0 Å². The molecule has 5 nitrogen and oxygen atoms in total. The van der Waals surface area contributed by atoms with E-state index in [2.05, 4.69) is 32.6 Å². The molecule has 0 amide bonds. The van der Waals surface area contributed by atoms with Crippen LogP contribution in [-0.2, 0) is 6.54 Å². The molecule has 0 aliphatic rings. The molecule has 0 radical (unpaired) electrons. The van der Waals surface area contributed by atoms with Gasteiger partial charge in [-0.2, -0.15) is 0 Å². The molecule has 0 spiro atoms. The summed E-state index contributed by atoms with van der Waals surface area (Å²) in [5.74, 6) is 2.18. The number of aromatic nitrogens is 3. The first-order chi connectivity index (χ1) is 10.6. The van der Waals surface area contributed by atoms with Gasteiger partial charge in [0.15, 0.2) is 5.82 Å². The van der Waals surface area contributed by atoms with Crippen molar-refractivity contribution < 1.29 is 4.52 Å². The largest absolute Gasteiger partial charge is 0.366 e. The Morgan fingerprint density at radius 1 is 1.05 bits per heavy atom. The highest BCUT2D eigenvalue weighted by atomic mass is 16.5. The van der Waals surface area contributed by atoms with Crippen molar-refractivity contribution in [3.8, 4) is 11.4 Å². The maximum atomic E-state index is 5.21. The van der Waals surface area contributed by atoms with Crippen LogP contribution in [0.25, 0.3) is 11.4 Å². The van der Waals surface area contributed by atoms with Gasteiger partial charge < -0.3 is 9.84 Å². The van der Waals surface area contributed by atoms with Gasteiger partial charge in [0.1, 0.15) is 11.6 Å². The molecular formula is C17H18N4O. The Labute approximate surface area is 129 Å². The second-order valence-electron chi connectivity index (χ2n) is 5.26. The highest BCUT2D eigenvalue weighted by Crippen LogP contribution is 2.25. The summed E-state index contributed by atoms with van der Waals surface area (Å²) in [6.07, 6.45) is 0. The van der Waals surface area contributed by atoms with E-state index in [1.165, 1.54) is 5.56 Å². The Balaban J connectivity index is 1.87. The van der Waals surface area contributed by atoms with Crippen molar-refractivity contribution in [3.05, 3.63) is 59.1 Å². The molecule has 3 rings (SSSR count). The average molecular weight is 294 g/mol. The van der Waals surface area contributed by atoms with E-state index in [0.29, 0.717) is 5.82 Å². The van der Waals surface area contributed by atoms with E-state index in [4.69, 9.17) is 4.52 Å². The molecule has 3 aromatic rings. The molecule has 0 fully saturated rings. The summed E-state index contributed by atoms with van der Waals surface area (Å²) in [5, 5.41) is 7.31. The molecule has 1 aromatic carbocycles. The molecule has 22 heavy (non-hydrogen) atoms. The highest BCUT2D eigenvalue weighted by Gasteiger charge is 2.15. The monoisotopic (exact) mass is 294 g/mol. The number of hydrogen-bond acceptors (Lipinski definition) is 5. The molecular weight excluding hydrogens is 276 g/mol. The van der Waals surface area contributed by atoms with E-state index in [-0.39, 0.29) is 0 Å². The Morgan fingerprint density at radius 2 is 1.82 bits per heavy atom. The molecule has 0 saturated heterocycles. The lowest BCUT2D eigenvalue weighted by atomic mass is 10.2. The third kappa shape index (κ3) is 2.98. The van der Waals surface area contributed by atoms with E-state index in [0.717, 1.165) is 35.1 Å². The molecule has 0 unspecified atom stereocenters. The molecule has 2 heterocycles. The predicted octanol–water partition coefficient (Wildman–Crippen LogP) is 3.67. The van der Waals surface area contributed by atoms with Crippen LogP contribution in [0.2, 0.25) is 0 Å². The van der Waals surface area contributed by atoms with Crippen molar-refractivity contribution in [1.29, 1.82) is 0 Å². The van der Waals surface area contributed by atoms with Crippen LogP contribution in [0.4, 0.5) is 5.82 Å². The van der Waals surface area contributed by atoms with Gasteiger partial charge in [0.2, 0.25) is 0 Å². The van der Waals surface area contributed by atoms with Gasteiger partial charge in [-0.1, -0.05) is 35.5 Å². The molecule has 0 atom stereocenters. The number of nitrogens with one attached hydrogen (secondary N) is 1. The Bertz CT molecular complexity index is 761. The first-order valence-corrected chi connectivity index (χ1v) is 7.20. The summed E-state index contributed by atoms with van der Waals surface area (Å²) >= 11 is 0. The molecule has 0 bridgehead atoms. The topological polar surface area (TPSA) is 63.8 Å². The minimum Gasteiger partial charge on any atom is -0.366 e. The fraction of sp³-hybridized carbons (Fsp3) is 0.235. The van der Waals surface area contributed by atoms with Gasteiger partial charge in [-0.05, 0) is 26.3 Å². The van der Waals surface area contributed by atoms with E-state index in [1.807, 2.05) is 45.0 Å².